The number of aryl methyl sites for hydroxylation is 1. The summed E-state index contributed by atoms with van der Waals surface area (Å²) in [5, 5.41) is 12.1. The Kier molecular flexibility index (Phi) is 7.27. The number of sulfone groups is 1. The van der Waals surface area contributed by atoms with Gasteiger partial charge in [0.1, 0.15) is 5.82 Å². The number of halogens is 1. The van der Waals surface area contributed by atoms with E-state index in [1.165, 1.54) is 10.7 Å². The SMILES string of the molecule is Cc1ccc(S(=O)(=O)Cn2nnnc2[C@H](CC(C)C)N2CCN(c3ccccc3F)CC2)cc1. The van der Waals surface area contributed by atoms with Crippen LogP contribution < -0.4 is 4.90 Å². The van der Waals surface area contributed by atoms with Crippen molar-refractivity contribution in [1.82, 2.24) is 25.1 Å². The van der Waals surface area contributed by atoms with Crippen LogP contribution in [0.25, 0.3) is 0 Å². The number of piperazine rings is 1. The Bertz CT molecular complexity index is 1200. The van der Waals surface area contributed by atoms with Gasteiger partial charge in [0.25, 0.3) is 0 Å². The summed E-state index contributed by atoms with van der Waals surface area (Å²) in [5.41, 5.74) is 1.60. The zero-order valence-corrected chi connectivity index (χ0v) is 20.6. The van der Waals surface area contributed by atoms with Crippen molar-refractivity contribution in [2.45, 2.75) is 44.0 Å². The van der Waals surface area contributed by atoms with Gasteiger partial charge in [-0.1, -0.05) is 43.7 Å². The van der Waals surface area contributed by atoms with Crippen LogP contribution >= 0.6 is 0 Å². The highest BCUT2D eigenvalue weighted by molar-refractivity contribution is 7.90. The number of hydrogen-bond acceptors (Lipinski definition) is 7. The zero-order chi connectivity index (χ0) is 24.3. The first-order valence-electron chi connectivity index (χ1n) is 11.5. The van der Waals surface area contributed by atoms with E-state index in [4.69, 9.17) is 0 Å². The van der Waals surface area contributed by atoms with Crippen LogP contribution in [0.4, 0.5) is 10.1 Å². The monoisotopic (exact) mass is 486 g/mol. The summed E-state index contributed by atoms with van der Waals surface area (Å²) in [6.07, 6.45) is 0.782. The molecule has 1 aliphatic heterocycles. The van der Waals surface area contributed by atoms with E-state index in [1.54, 1.807) is 36.4 Å². The van der Waals surface area contributed by atoms with Crippen molar-refractivity contribution in [3.63, 3.8) is 0 Å². The number of nitrogens with zero attached hydrogens (tertiary/aromatic N) is 6. The number of hydrogen-bond donors (Lipinski definition) is 0. The molecule has 0 bridgehead atoms. The Morgan fingerprint density at radius 1 is 1.00 bits per heavy atom. The predicted octanol–water partition coefficient (Wildman–Crippen LogP) is 3.46. The van der Waals surface area contributed by atoms with Gasteiger partial charge in [0, 0.05) is 26.2 Å². The van der Waals surface area contributed by atoms with Crippen molar-refractivity contribution < 1.29 is 12.8 Å². The Morgan fingerprint density at radius 3 is 2.32 bits per heavy atom. The molecule has 0 aliphatic carbocycles. The number of para-hydroxylation sites is 1. The number of anilines is 1. The molecule has 1 atom stereocenters. The standard InChI is InChI=1S/C24H31FN6O2S/c1-18(2)16-23(30-14-12-29(13-15-30)22-7-5-4-6-21(22)25)24-26-27-28-31(24)17-34(32,33)20-10-8-19(3)9-11-20/h4-11,18,23H,12-17H2,1-3H3/t23-/m0/s1. The summed E-state index contributed by atoms with van der Waals surface area (Å²) in [6.45, 7) is 8.89. The molecule has 8 nitrogen and oxygen atoms in total. The zero-order valence-electron chi connectivity index (χ0n) is 19.8. The summed E-state index contributed by atoms with van der Waals surface area (Å²) in [5.74, 6) is 0.361. The average Bonchev–Trinajstić information content (AvgIpc) is 3.25. The number of aromatic nitrogens is 4. The summed E-state index contributed by atoms with van der Waals surface area (Å²) >= 11 is 0. The van der Waals surface area contributed by atoms with E-state index < -0.39 is 9.84 Å². The van der Waals surface area contributed by atoms with Crippen LogP contribution in [0.5, 0.6) is 0 Å². The van der Waals surface area contributed by atoms with Crippen LogP contribution in [0.15, 0.2) is 53.4 Å². The third-order valence-corrected chi connectivity index (χ3v) is 7.75. The number of tetrazole rings is 1. The normalized spacial score (nSPS) is 16.2. The summed E-state index contributed by atoms with van der Waals surface area (Å²) in [4.78, 5) is 4.57. The molecule has 2 aromatic carbocycles. The molecule has 1 saturated heterocycles. The van der Waals surface area contributed by atoms with Crippen LogP contribution in [0, 0.1) is 18.7 Å². The third kappa shape index (κ3) is 5.44. The van der Waals surface area contributed by atoms with Crippen molar-refractivity contribution >= 4 is 15.5 Å². The smallest absolute Gasteiger partial charge is 0.198 e. The second-order valence-corrected chi connectivity index (χ2v) is 11.2. The molecule has 0 amide bonds. The molecule has 0 unspecified atom stereocenters. The minimum atomic E-state index is -3.61. The van der Waals surface area contributed by atoms with E-state index in [-0.39, 0.29) is 22.6 Å². The van der Waals surface area contributed by atoms with Gasteiger partial charge in [-0.2, -0.15) is 0 Å². The summed E-state index contributed by atoms with van der Waals surface area (Å²) in [6, 6.07) is 13.5. The molecular formula is C24H31FN6O2S. The van der Waals surface area contributed by atoms with Crippen LogP contribution in [-0.2, 0) is 15.7 Å². The van der Waals surface area contributed by atoms with Crippen molar-refractivity contribution in [1.29, 1.82) is 0 Å². The molecule has 1 aliphatic rings. The summed E-state index contributed by atoms with van der Waals surface area (Å²) in [7, 11) is -3.61. The van der Waals surface area contributed by atoms with Crippen molar-refractivity contribution in [3.8, 4) is 0 Å². The first kappa shape index (κ1) is 24.3. The Labute approximate surface area is 200 Å². The molecule has 3 aromatic rings. The molecule has 10 heteroatoms. The fraction of sp³-hybridized carbons (Fsp3) is 0.458. The average molecular weight is 487 g/mol. The molecule has 0 saturated carbocycles. The fourth-order valence-electron chi connectivity index (χ4n) is 4.37. The van der Waals surface area contributed by atoms with Crippen LogP contribution in [0.3, 0.4) is 0 Å². The first-order valence-corrected chi connectivity index (χ1v) is 13.2. The second-order valence-electron chi connectivity index (χ2n) is 9.21. The highest BCUT2D eigenvalue weighted by Gasteiger charge is 2.31. The lowest BCUT2D eigenvalue weighted by molar-refractivity contribution is 0.153. The molecule has 4 rings (SSSR count). The molecule has 2 heterocycles. The van der Waals surface area contributed by atoms with E-state index in [2.05, 4.69) is 34.3 Å². The van der Waals surface area contributed by atoms with Gasteiger partial charge in [0.05, 0.1) is 16.6 Å². The predicted molar refractivity (Wildman–Crippen MR) is 129 cm³/mol. The van der Waals surface area contributed by atoms with E-state index in [1.807, 2.05) is 17.9 Å². The Hall–Kier alpha value is -2.85. The van der Waals surface area contributed by atoms with Gasteiger partial charge < -0.3 is 4.90 Å². The van der Waals surface area contributed by atoms with Crippen molar-refractivity contribution in [3.05, 3.63) is 65.7 Å². The molecular weight excluding hydrogens is 455 g/mol. The lowest BCUT2D eigenvalue weighted by Gasteiger charge is -2.40. The lowest BCUT2D eigenvalue weighted by Crippen LogP contribution is -2.48. The quantitative estimate of drug-likeness (QED) is 0.482. The number of rotatable bonds is 8. The van der Waals surface area contributed by atoms with Crippen LogP contribution in [0.1, 0.15) is 37.7 Å². The van der Waals surface area contributed by atoms with Crippen molar-refractivity contribution in [2.75, 3.05) is 31.1 Å². The van der Waals surface area contributed by atoms with E-state index in [0.29, 0.717) is 43.6 Å². The van der Waals surface area contributed by atoms with Gasteiger partial charge in [-0.25, -0.2) is 17.5 Å². The third-order valence-electron chi connectivity index (χ3n) is 6.17. The van der Waals surface area contributed by atoms with Gasteiger partial charge in [0.15, 0.2) is 21.5 Å². The van der Waals surface area contributed by atoms with Gasteiger partial charge >= 0.3 is 0 Å². The fourth-order valence-corrected chi connectivity index (χ4v) is 5.58. The van der Waals surface area contributed by atoms with E-state index in [0.717, 1.165) is 12.0 Å². The summed E-state index contributed by atoms with van der Waals surface area (Å²) < 4.78 is 41.8. The largest absolute Gasteiger partial charge is 0.367 e. The van der Waals surface area contributed by atoms with Crippen LogP contribution in [-0.4, -0.2) is 59.7 Å². The molecule has 0 N–H and O–H groups in total. The van der Waals surface area contributed by atoms with E-state index in [9.17, 15) is 12.8 Å². The van der Waals surface area contributed by atoms with Gasteiger partial charge in [0.2, 0.25) is 0 Å². The lowest BCUT2D eigenvalue weighted by atomic mass is 10.0. The molecule has 182 valence electrons. The van der Waals surface area contributed by atoms with Crippen LogP contribution in [0.2, 0.25) is 0 Å². The molecule has 1 aromatic heterocycles. The molecule has 1 fully saturated rings. The Balaban J connectivity index is 1.54. The molecule has 0 spiro atoms. The second kappa shape index (κ2) is 10.2. The van der Waals surface area contributed by atoms with Gasteiger partial charge in [-0.3, -0.25) is 4.90 Å². The van der Waals surface area contributed by atoms with E-state index >= 15 is 0 Å². The first-order chi connectivity index (χ1) is 16.2. The van der Waals surface area contributed by atoms with Gasteiger partial charge in [-0.15, -0.1) is 5.10 Å². The maximum atomic E-state index is 14.3. The number of benzene rings is 2. The maximum Gasteiger partial charge on any atom is 0.198 e. The minimum Gasteiger partial charge on any atom is -0.367 e. The topological polar surface area (TPSA) is 84.2 Å². The molecule has 0 radical (unpaired) electrons. The minimum absolute atomic E-state index is 0.133. The van der Waals surface area contributed by atoms with Gasteiger partial charge in [-0.05, 0) is 54.0 Å². The molecule has 34 heavy (non-hydrogen) atoms. The maximum absolute atomic E-state index is 14.3. The Morgan fingerprint density at radius 2 is 1.68 bits per heavy atom. The highest BCUT2D eigenvalue weighted by atomic mass is 32.2. The highest BCUT2D eigenvalue weighted by Crippen LogP contribution is 2.29. The van der Waals surface area contributed by atoms with Crippen molar-refractivity contribution in [2.24, 2.45) is 5.92 Å².